The quantitative estimate of drug-likeness (QED) is 0.690. The van der Waals surface area contributed by atoms with Crippen LogP contribution < -0.4 is 5.73 Å². The number of halogens is 2. The van der Waals surface area contributed by atoms with Crippen LogP contribution in [-0.2, 0) is 11.8 Å². The highest BCUT2D eigenvalue weighted by Gasteiger charge is 2.23. The molecular formula is C17H14ClFN4OS. The number of amides is 1. The first-order valence-electron chi connectivity index (χ1n) is 7.32. The van der Waals surface area contributed by atoms with Crippen LogP contribution in [0, 0.1) is 5.82 Å². The molecule has 1 atom stereocenters. The van der Waals surface area contributed by atoms with Gasteiger partial charge in [0.1, 0.15) is 11.1 Å². The van der Waals surface area contributed by atoms with E-state index in [1.165, 1.54) is 36.0 Å². The van der Waals surface area contributed by atoms with Crippen LogP contribution in [0.25, 0.3) is 11.4 Å². The molecule has 3 rings (SSSR count). The molecule has 3 aromatic rings. The monoisotopic (exact) mass is 376 g/mol. The van der Waals surface area contributed by atoms with E-state index in [-0.39, 0.29) is 5.82 Å². The molecule has 1 heterocycles. The lowest BCUT2D eigenvalue weighted by molar-refractivity contribution is -0.117. The summed E-state index contributed by atoms with van der Waals surface area (Å²) < 4.78 is 14.9. The van der Waals surface area contributed by atoms with Crippen LogP contribution in [0.3, 0.4) is 0 Å². The predicted molar refractivity (Wildman–Crippen MR) is 95.6 cm³/mol. The van der Waals surface area contributed by atoms with Crippen molar-refractivity contribution in [2.75, 3.05) is 0 Å². The Hall–Kier alpha value is -2.38. The summed E-state index contributed by atoms with van der Waals surface area (Å²) in [5, 5.41) is 8.78. The summed E-state index contributed by atoms with van der Waals surface area (Å²) in [7, 11) is 1.80. The van der Waals surface area contributed by atoms with Gasteiger partial charge < -0.3 is 10.3 Å². The second-order valence-corrected chi connectivity index (χ2v) is 6.83. The van der Waals surface area contributed by atoms with Gasteiger partial charge in [-0.05, 0) is 42.0 Å². The van der Waals surface area contributed by atoms with Gasteiger partial charge in [0, 0.05) is 17.6 Å². The van der Waals surface area contributed by atoms with Crippen LogP contribution in [0.4, 0.5) is 4.39 Å². The maximum Gasteiger partial charge on any atom is 0.235 e. The zero-order valence-corrected chi connectivity index (χ0v) is 14.8. The van der Waals surface area contributed by atoms with Gasteiger partial charge in [0.2, 0.25) is 5.91 Å². The Morgan fingerprint density at radius 3 is 2.40 bits per heavy atom. The summed E-state index contributed by atoms with van der Waals surface area (Å²) in [6, 6.07) is 12.9. The van der Waals surface area contributed by atoms with E-state index in [4.69, 9.17) is 17.3 Å². The maximum atomic E-state index is 13.1. The molecule has 0 aliphatic heterocycles. The molecule has 128 valence electrons. The fraction of sp³-hybridized carbons (Fsp3) is 0.118. The average Bonchev–Trinajstić information content (AvgIpc) is 2.95. The molecule has 25 heavy (non-hydrogen) atoms. The van der Waals surface area contributed by atoms with Crippen molar-refractivity contribution < 1.29 is 9.18 Å². The number of rotatable bonds is 5. The van der Waals surface area contributed by atoms with Gasteiger partial charge in [0.15, 0.2) is 11.0 Å². The molecule has 0 saturated carbocycles. The van der Waals surface area contributed by atoms with Gasteiger partial charge in [-0.1, -0.05) is 35.5 Å². The van der Waals surface area contributed by atoms with Crippen LogP contribution in [0.15, 0.2) is 53.7 Å². The highest BCUT2D eigenvalue weighted by molar-refractivity contribution is 8.00. The minimum Gasteiger partial charge on any atom is -0.368 e. The molecule has 5 nitrogen and oxygen atoms in total. The zero-order chi connectivity index (χ0) is 18.0. The lowest BCUT2D eigenvalue weighted by Crippen LogP contribution is -2.19. The molecule has 0 aliphatic carbocycles. The smallest absolute Gasteiger partial charge is 0.235 e. The number of hydrogen-bond donors (Lipinski definition) is 1. The molecule has 0 saturated heterocycles. The predicted octanol–water partition coefficient (Wildman–Crippen LogP) is 3.59. The molecule has 0 unspecified atom stereocenters. The topological polar surface area (TPSA) is 73.8 Å². The summed E-state index contributed by atoms with van der Waals surface area (Å²) in [4.78, 5) is 11.9. The lowest BCUT2D eigenvalue weighted by Gasteiger charge is -2.13. The summed E-state index contributed by atoms with van der Waals surface area (Å²) in [5.74, 6) is -0.269. The van der Waals surface area contributed by atoms with Crippen LogP contribution in [0.1, 0.15) is 10.8 Å². The number of nitrogens with two attached hydrogens (primary N) is 1. The molecule has 2 aromatic carbocycles. The SMILES string of the molecule is Cn1c(S[C@H](C(N)=O)c2ccc(F)cc2)nnc1-c1ccc(Cl)cc1. The van der Waals surface area contributed by atoms with Crippen LogP contribution in [0.2, 0.25) is 5.02 Å². The summed E-state index contributed by atoms with van der Waals surface area (Å²) in [6.07, 6.45) is 0. The van der Waals surface area contributed by atoms with Crippen molar-refractivity contribution >= 4 is 29.3 Å². The third-order valence-electron chi connectivity index (χ3n) is 3.59. The van der Waals surface area contributed by atoms with Gasteiger partial charge in [0.25, 0.3) is 0 Å². The molecular weight excluding hydrogens is 363 g/mol. The number of thioether (sulfide) groups is 1. The Bertz CT molecular complexity index is 896. The molecule has 2 N–H and O–H groups in total. The third kappa shape index (κ3) is 3.83. The standard InChI is InChI=1S/C17H14ClFN4OS/c1-23-16(11-2-6-12(18)7-3-11)21-22-17(23)25-14(15(20)24)10-4-8-13(19)9-5-10/h2-9,14H,1H3,(H2,20,24)/t14-/m0/s1. The largest absolute Gasteiger partial charge is 0.368 e. The first-order valence-corrected chi connectivity index (χ1v) is 8.58. The Kier molecular flexibility index (Phi) is 5.06. The Morgan fingerprint density at radius 1 is 1.16 bits per heavy atom. The number of carbonyl (C=O) groups is 1. The van der Waals surface area contributed by atoms with Gasteiger partial charge >= 0.3 is 0 Å². The molecule has 0 aliphatic rings. The molecule has 1 aromatic heterocycles. The number of aromatic nitrogens is 3. The van der Waals surface area contributed by atoms with E-state index >= 15 is 0 Å². The van der Waals surface area contributed by atoms with E-state index < -0.39 is 11.2 Å². The zero-order valence-electron chi connectivity index (χ0n) is 13.2. The van der Waals surface area contributed by atoms with Crippen molar-refractivity contribution in [3.05, 3.63) is 64.9 Å². The van der Waals surface area contributed by atoms with Crippen LogP contribution in [0.5, 0.6) is 0 Å². The second kappa shape index (κ2) is 7.25. The molecule has 8 heteroatoms. The van der Waals surface area contributed by atoms with E-state index in [1.54, 1.807) is 23.7 Å². The normalized spacial score (nSPS) is 12.1. The van der Waals surface area contributed by atoms with Crippen LogP contribution >= 0.6 is 23.4 Å². The van der Waals surface area contributed by atoms with E-state index in [2.05, 4.69) is 10.2 Å². The minimum atomic E-state index is -0.693. The minimum absolute atomic E-state index is 0.374. The Labute approximate surface area is 153 Å². The first kappa shape index (κ1) is 17.4. The van der Waals surface area contributed by atoms with Crippen LogP contribution in [-0.4, -0.2) is 20.7 Å². The number of hydrogen-bond acceptors (Lipinski definition) is 4. The van der Waals surface area contributed by atoms with Crippen molar-refractivity contribution in [1.29, 1.82) is 0 Å². The Morgan fingerprint density at radius 2 is 1.80 bits per heavy atom. The van der Waals surface area contributed by atoms with Gasteiger partial charge in [-0.15, -0.1) is 10.2 Å². The number of primary amides is 1. The van der Waals surface area contributed by atoms with Crippen molar-refractivity contribution in [2.24, 2.45) is 12.8 Å². The first-order chi connectivity index (χ1) is 12.0. The molecule has 1 amide bonds. The number of benzene rings is 2. The molecule has 0 radical (unpaired) electrons. The molecule has 0 fully saturated rings. The summed E-state index contributed by atoms with van der Waals surface area (Å²) in [6.45, 7) is 0. The molecule has 0 bridgehead atoms. The number of carbonyl (C=O) groups excluding carboxylic acids is 1. The van der Waals surface area contributed by atoms with E-state index in [0.717, 1.165) is 5.56 Å². The van der Waals surface area contributed by atoms with Crippen molar-refractivity contribution in [2.45, 2.75) is 10.4 Å². The van der Waals surface area contributed by atoms with E-state index in [9.17, 15) is 9.18 Å². The van der Waals surface area contributed by atoms with Gasteiger partial charge in [-0.25, -0.2) is 4.39 Å². The number of nitrogens with zero attached hydrogens (tertiary/aromatic N) is 3. The fourth-order valence-corrected chi connectivity index (χ4v) is 3.38. The summed E-state index contributed by atoms with van der Waals surface area (Å²) >= 11 is 7.07. The summed E-state index contributed by atoms with van der Waals surface area (Å²) in [5.41, 5.74) is 6.97. The van der Waals surface area contributed by atoms with Crippen molar-refractivity contribution in [3.63, 3.8) is 0 Å². The van der Waals surface area contributed by atoms with Gasteiger partial charge in [-0.3, -0.25) is 4.79 Å². The highest BCUT2D eigenvalue weighted by atomic mass is 35.5. The Balaban J connectivity index is 1.90. The lowest BCUT2D eigenvalue weighted by atomic mass is 10.1. The highest BCUT2D eigenvalue weighted by Crippen LogP contribution is 2.35. The van der Waals surface area contributed by atoms with E-state index in [1.807, 2.05) is 12.1 Å². The van der Waals surface area contributed by atoms with Crippen molar-refractivity contribution in [1.82, 2.24) is 14.8 Å². The fourth-order valence-electron chi connectivity index (χ4n) is 2.30. The second-order valence-electron chi connectivity index (χ2n) is 5.32. The van der Waals surface area contributed by atoms with Gasteiger partial charge in [0.05, 0.1) is 0 Å². The average molecular weight is 377 g/mol. The third-order valence-corrected chi connectivity index (χ3v) is 5.15. The van der Waals surface area contributed by atoms with Gasteiger partial charge in [-0.2, -0.15) is 0 Å². The molecule has 0 spiro atoms. The maximum absolute atomic E-state index is 13.1. The van der Waals surface area contributed by atoms with Crippen molar-refractivity contribution in [3.8, 4) is 11.4 Å². The van der Waals surface area contributed by atoms with E-state index in [0.29, 0.717) is 21.6 Å².